The van der Waals surface area contributed by atoms with E-state index in [9.17, 15) is 5.11 Å². The number of aliphatic hydroxyl groups excluding tert-OH is 1. The first-order valence-corrected chi connectivity index (χ1v) is 6.89. The molecule has 1 nitrogen and oxygen atoms in total. The molecule has 0 amide bonds. The molecule has 0 bridgehead atoms. The van der Waals surface area contributed by atoms with Gasteiger partial charge in [0.2, 0.25) is 0 Å². The number of aliphatic hydroxyl groups is 1. The summed E-state index contributed by atoms with van der Waals surface area (Å²) in [7, 11) is 0. The highest BCUT2D eigenvalue weighted by Gasteiger charge is 2.36. The molecule has 0 spiro atoms. The highest BCUT2D eigenvalue weighted by atomic mass is 35.5. The van der Waals surface area contributed by atoms with Crippen molar-refractivity contribution < 1.29 is 5.11 Å². The zero-order valence-corrected chi connectivity index (χ0v) is 11.6. The molecule has 1 unspecified atom stereocenters. The Hall–Kier alpha value is -0.240. The maximum atomic E-state index is 10.4. The van der Waals surface area contributed by atoms with Crippen molar-refractivity contribution in [2.75, 3.05) is 0 Å². The van der Waals surface area contributed by atoms with Crippen LogP contribution in [0.25, 0.3) is 0 Å². The van der Waals surface area contributed by atoms with Crippen LogP contribution < -0.4 is 0 Å². The van der Waals surface area contributed by atoms with Crippen LogP contribution in [0.4, 0.5) is 0 Å². The lowest BCUT2D eigenvalue weighted by Gasteiger charge is -2.30. The summed E-state index contributed by atoms with van der Waals surface area (Å²) in [4.78, 5) is 0. The largest absolute Gasteiger partial charge is 0.392 e. The molecule has 3 heteroatoms. The Morgan fingerprint density at radius 3 is 2.29 bits per heavy atom. The van der Waals surface area contributed by atoms with Gasteiger partial charge in [0.05, 0.1) is 6.10 Å². The molecular formula is C14H18Cl2O. The topological polar surface area (TPSA) is 20.2 Å². The van der Waals surface area contributed by atoms with E-state index in [0.29, 0.717) is 16.5 Å². The summed E-state index contributed by atoms with van der Waals surface area (Å²) in [5.74, 6) is 0. The SMILES string of the molecule is CC1(C(O)Cc2c(Cl)cccc2Cl)CCCC1. The molecule has 1 atom stereocenters. The van der Waals surface area contributed by atoms with E-state index in [-0.39, 0.29) is 11.5 Å². The standard InChI is InChI=1S/C14H18Cl2O/c1-14(7-2-3-8-14)13(17)9-10-11(15)5-4-6-12(10)16/h4-6,13,17H,2-3,7-9H2,1H3. The highest BCUT2D eigenvalue weighted by molar-refractivity contribution is 6.35. The molecule has 1 aliphatic carbocycles. The first-order chi connectivity index (χ1) is 8.03. The minimum absolute atomic E-state index is 0.0303. The average Bonchev–Trinajstić information content (AvgIpc) is 2.72. The Bertz CT molecular complexity index is 377. The van der Waals surface area contributed by atoms with E-state index in [4.69, 9.17) is 23.2 Å². The molecule has 1 saturated carbocycles. The van der Waals surface area contributed by atoms with Crippen LogP contribution in [0.2, 0.25) is 10.0 Å². The quantitative estimate of drug-likeness (QED) is 0.861. The fraction of sp³-hybridized carbons (Fsp3) is 0.571. The van der Waals surface area contributed by atoms with Crippen LogP contribution in [0.15, 0.2) is 18.2 Å². The first kappa shape index (κ1) is 13.2. The van der Waals surface area contributed by atoms with Crippen molar-refractivity contribution in [1.82, 2.24) is 0 Å². The molecule has 1 aromatic rings. The number of hydrogen-bond acceptors (Lipinski definition) is 1. The minimum Gasteiger partial charge on any atom is -0.392 e. The normalized spacial score (nSPS) is 20.5. The lowest BCUT2D eigenvalue weighted by molar-refractivity contribution is 0.0424. The van der Waals surface area contributed by atoms with Crippen molar-refractivity contribution in [2.45, 2.75) is 45.1 Å². The zero-order chi connectivity index (χ0) is 12.5. The number of benzene rings is 1. The second-order valence-electron chi connectivity index (χ2n) is 5.28. The van der Waals surface area contributed by atoms with E-state index in [1.165, 1.54) is 12.8 Å². The van der Waals surface area contributed by atoms with Crippen LogP contribution in [0.3, 0.4) is 0 Å². The lowest BCUT2D eigenvalue weighted by atomic mass is 9.80. The van der Waals surface area contributed by atoms with Gasteiger partial charge in [-0.2, -0.15) is 0 Å². The van der Waals surface area contributed by atoms with Gasteiger partial charge in [-0.1, -0.05) is 49.0 Å². The second-order valence-corrected chi connectivity index (χ2v) is 6.10. The molecule has 2 rings (SSSR count). The van der Waals surface area contributed by atoms with E-state index in [0.717, 1.165) is 18.4 Å². The summed E-state index contributed by atoms with van der Waals surface area (Å²) < 4.78 is 0. The molecule has 94 valence electrons. The molecule has 0 aliphatic heterocycles. The van der Waals surface area contributed by atoms with Crippen LogP contribution in [0, 0.1) is 5.41 Å². The van der Waals surface area contributed by atoms with Crippen LogP contribution in [-0.2, 0) is 6.42 Å². The van der Waals surface area contributed by atoms with Gasteiger partial charge in [0.1, 0.15) is 0 Å². The van der Waals surface area contributed by atoms with Gasteiger partial charge < -0.3 is 5.11 Å². The summed E-state index contributed by atoms with van der Waals surface area (Å²) in [6.07, 6.45) is 4.80. The van der Waals surface area contributed by atoms with Gasteiger partial charge in [0, 0.05) is 16.5 Å². The zero-order valence-electron chi connectivity index (χ0n) is 10.0. The summed E-state index contributed by atoms with van der Waals surface area (Å²) in [6.45, 7) is 2.16. The third-order valence-electron chi connectivity index (χ3n) is 4.01. The van der Waals surface area contributed by atoms with E-state index >= 15 is 0 Å². The van der Waals surface area contributed by atoms with Crippen molar-refractivity contribution in [3.05, 3.63) is 33.8 Å². The monoisotopic (exact) mass is 272 g/mol. The van der Waals surface area contributed by atoms with Crippen molar-refractivity contribution in [1.29, 1.82) is 0 Å². The second kappa shape index (κ2) is 5.17. The minimum atomic E-state index is -0.359. The molecule has 17 heavy (non-hydrogen) atoms. The predicted octanol–water partition coefficient (Wildman–Crippen LogP) is 4.48. The Morgan fingerprint density at radius 2 is 1.76 bits per heavy atom. The summed E-state index contributed by atoms with van der Waals surface area (Å²) >= 11 is 12.3. The van der Waals surface area contributed by atoms with Crippen LogP contribution in [0.1, 0.15) is 38.2 Å². The van der Waals surface area contributed by atoms with Crippen molar-refractivity contribution in [3.63, 3.8) is 0 Å². The summed E-state index contributed by atoms with van der Waals surface area (Å²) in [5, 5.41) is 11.7. The van der Waals surface area contributed by atoms with Crippen molar-refractivity contribution in [2.24, 2.45) is 5.41 Å². The first-order valence-electron chi connectivity index (χ1n) is 6.14. The van der Waals surface area contributed by atoms with Crippen molar-refractivity contribution in [3.8, 4) is 0 Å². The van der Waals surface area contributed by atoms with E-state index in [2.05, 4.69) is 6.92 Å². The van der Waals surface area contributed by atoms with Gasteiger partial charge in [0.15, 0.2) is 0 Å². The lowest BCUT2D eigenvalue weighted by Crippen LogP contribution is -2.31. The Balaban J connectivity index is 2.15. The van der Waals surface area contributed by atoms with Gasteiger partial charge in [-0.05, 0) is 36.0 Å². The molecule has 1 N–H and O–H groups in total. The van der Waals surface area contributed by atoms with Gasteiger partial charge in [-0.25, -0.2) is 0 Å². The molecule has 1 fully saturated rings. The van der Waals surface area contributed by atoms with Gasteiger partial charge in [0.25, 0.3) is 0 Å². The van der Waals surface area contributed by atoms with Crippen LogP contribution in [0.5, 0.6) is 0 Å². The predicted molar refractivity (Wildman–Crippen MR) is 72.7 cm³/mol. The molecule has 0 saturated heterocycles. The smallest absolute Gasteiger partial charge is 0.0635 e. The third kappa shape index (κ3) is 2.78. The van der Waals surface area contributed by atoms with Gasteiger partial charge in [-0.15, -0.1) is 0 Å². The third-order valence-corrected chi connectivity index (χ3v) is 4.72. The summed E-state index contributed by atoms with van der Waals surface area (Å²) in [6, 6.07) is 5.48. The molecule has 0 radical (unpaired) electrons. The molecule has 1 aliphatic rings. The Kier molecular flexibility index (Phi) is 4.02. The van der Waals surface area contributed by atoms with Crippen LogP contribution in [-0.4, -0.2) is 11.2 Å². The van der Waals surface area contributed by atoms with E-state index < -0.39 is 0 Å². The molecule has 1 aromatic carbocycles. The van der Waals surface area contributed by atoms with Gasteiger partial charge in [-0.3, -0.25) is 0 Å². The highest BCUT2D eigenvalue weighted by Crippen LogP contribution is 2.42. The fourth-order valence-electron chi connectivity index (χ4n) is 2.68. The maximum Gasteiger partial charge on any atom is 0.0635 e. The number of hydrogen-bond donors (Lipinski definition) is 1. The molecular weight excluding hydrogens is 255 g/mol. The van der Waals surface area contributed by atoms with Crippen LogP contribution >= 0.6 is 23.2 Å². The maximum absolute atomic E-state index is 10.4. The van der Waals surface area contributed by atoms with E-state index in [1.54, 1.807) is 0 Å². The summed E-state index contributed by atoms with van der Waals surface area (Å²) in [5.41, 5.74) is 0.902. The average molecular weight is 273 g/mol. The number of rotatable bonds is 3. The molecule has 0 heterocycles. The fourth-order valence-corrected chi connectivity index (χ4v) is 3.23. The van der Waals surface area contributed by atoms with E-state index in [1.807, 2.05) is 18.2 Å². The van der Waals surface area contributed by atoms with Gasteiger partial charge >= 0.3 is 0 Å². The van der Waals surface area contributed by atoms with Crippen molar-refractivity contribution >= 4 is 23.2 Å². The number of halogens is 2. The Labute approximate surface area is 113 Å². The molecule has 0 aromatic heterocycles. The Morgan fingerprint density at radius 1 is 1.24 bits per heavy atom.